The summed E-state index contributed by atoms with van der Waals surface area (Å²) in [6, 6.07) is 10.9. The highest BCUT2D eigenvalue weighted by Gasteiger charge is 2.17. The Morgan fingerprint density at radius 1 is 1.04 bits per heavy atom. The molecule has 4 heteroatoms. The van der Waals surface area contributed by atoms with Crippen molar-refractivity contribution in [3.63, 3.8) is 0 Å². The largest absolute Gasteiger partial charge is 0.304 e. The first-order valence-electron chi connectivity index (χ1n) is 8.98. The zero-order valence-corrected chi connectivity index (χ0v) is 15.5. The summed E-state index contributed by atoms with van der Waals surface area (Å²) in [5, 5.41) is 4.75. The van der Waals surface area contributed by atoms with Crippen molar-refractivity contribution in [1.82, 2.24) is 19.6 Å². The van der Waals surface area contributed by atoms with Crippen molar-refractivity contribution in [3.05, 3.63) is 47.8 Å². The quantitative estimate of drug-likeness (QED) is 0.863. The molecule has 1 aromatic heterocycles. The van der Waals surface area contributed by atoms with Gasteiger partial charge < -0.3 is 9.80 Å². The molecular weight excluding hydrogens is 296 g/mol. The highest BCUT2D eigenvalue weighted by Crippen LogP contribution is 2.21. The Hall–Kier alpha value is -1.65. The van der Waals surface area contributed by atoms with Crippen molar-refractivity contribution in [3.8, 4) is 5.69 Å². The maximum Gasteiger partial charge on any atom is 0.0682 e. The van der Waals surface area contributed by atoms with E-state index < -0.39 is 0 Å². The maximum absolute atomic E-state index is 4.75. The number of likely N-dealkylation sites (N-methyl/N-ethyl adjacent to an activating group) is 1. The van der Waals surface area contributed by atoms with Crippen molar-refractivity contribution in [2.45, 2.75) is 32.6 Å². The van der Waals surface area contributed by atoms with E-state index in [9.17, 15) is 0 Å². The van der Waals surface area contributed by atoms with E-state index in [1.54, 1.807) is 0 Å². The third-order valence-electron chi connectivity index (χ3n) is 4.85. The average Bonchev–Trinajstić information content (AvgIpc) is 3.05. The fourth-order valence-corrected chi connectivity index (χ4v) is 3.08. The third kappa shape index (κ3) is 4.25. The number of rotatable bonds is 4. The van der Waals surface area contributed by atoms with E-state index in [2.05, 4.69) is 74.1 Å². The molecule has 0 bridgehead atoms. The standard InChI is InChI=1S/C20H30N4/c1-20(2,3)19-9-11-24(21-19)18-7-5-6-17(16-18)8-10-23-14-12-22(4)13-15-23/h5-7,9,11,16H,8,10,12-15H2,1-4H3. The molecule has 0 amide bonds. The van der Waals surface area contributed by atoms with Crippen LogP contribution in [0.2, 0.25) is 0 Å². The second-order valence-corrected chi connectivity index (χ2v) is 7.96. The van der Waals surface area contributed by atoms with Gasteiger partial charge in [0.2, 0.25) is 0 Å². The number of piperazine rings is 1. The Balaban J connectivity index is 1.65. The minimum absolute atomic E-state index is 0.0876. The molecule has 1 aliphatic heterocycles. The minimum atomic E-state index is 0.0876. The van der Waals surface area contributed by atoms with Crippen LogP contribution in [-0.2, 0) is 11.8 Å². The van der Waals surface area contributed by atoms with Crippen LogP contribution in [0.5, 0.6) is 0 Å². The number of hydrogen-bond acceptors (Lipinski definition) is 3. The summed E-state index contributed by atoms with van der Waals surface area (Å²) in [5.41, 5.74) is 3.76. The van der Waals surface area contributed by atoms with Crippen LogP contribution in [0, 0.1) is 0 Å². The van der Waals surface area contributed by atoms with E-state index in [1.807, 2.05) is 4.68 Å². The van der Waals surface area contributed by atoms with Crippen molar-refractivity contribution in [1.29, 1.82) is 0 Å². The predicted molar refractivity (Wildman–Crippen MR) is 99.9 cm³/mol. The fraction of sp³-hybridized carbons (Fsp3) is 0.550. The molecule has 4 nitrogen and oxygen atoms in total. The van der Waals surface area contributed by atoms with Gasteiger partial charge in [0.25, 0.3) is 0 Å². The summed E-state index contributed by atoms with van der Waals surface area (Å²) in [6.45, 7) is 12.5. The molecule has 1 aliphatic rings. The van der Waals surface area contributed by atoms with Gasteiger partial charge in [-0.15, -0.1) is 0 Å². The van der Waals surface area contributed by atoms with Gasteiger partial charge in [0.05, 0.1) is 11.4 Å². The first kappa shape index (κ1) is 17.2. The van der Waals surface area contributed by atoms with Crippen LogP contribution in [0.4, 0.5) is 0 Å². The predicted octanol–water partition coefficient (Wildman–Crippen LogP) is 2.96. The topological polar surface area (TPSA) is 24.3 Å². The number of hydrogen-bond donors (Lipinski definition) is 0. The zero-order chi connectivity index (χ0) is 17.2. The Bertz CT molecular complexity index is 660. The first-order valence-corrected chi connectivity index (χ1v) is 8.98. The average molecular weight is 326 g/mol. The van der Waals surface area contributed by atoms with E-state index in [4.69, 9.17) is 5.10 Å². The van der Waals surface area contributed by atoms with Gasteiger partial charge in [-0.25, -0.2) is 4.68 Å². The van der Waals surface area contributed by atoms with Crippen molar-refractivity contribution in [2.24, 2.45) is 0 Å². The second kappa shape index (κ2) is 7.08. The molecule has 2 heterocycles. The molecule has 0 radical (unpaired) electrons. The maximum atomic E-state index is 4.75. The molecular formula is C20H30N4. The molecule has 3 rings (SSSR count). The van der Waals surface area contributed by atoms with Gasteiger partial charge in [-0.3, -0.25) is 0 Å². The van der Waals surface area contributed by atoms with Gasteiger partial charge in [0.15, 0.2) is 0 Å². The van der Waals surface area contributed by atoms with Crippen LogP contribution >= 0.6 is 0 Å². The van der Waals surface area contributed by atoms with Crippen molar-refractivity contribution < 1.29 is 0 Å². The lowest BCUT2D eigenvalue weighted by atomic mass is 9.93. The lowest BCUT2D eigenvalue weighted by molar-refractivity contribution is 0.155. The molecule has 0 atom stereocenters. The van der Waals surface area contributed by atoms with Gasteiger partial charge in [-0.2, -0.15) is 5.10 Å². The Labute approximate surface area is 146 Å². The van der Waals surface area contributed by atoms with Gasteiger partial charge in [-0.1, -0.05) is 32.9 Å². The molecule has 1 aromatic carbocycles. The normalized spacial score (nSPS) is 17.3. The van der Waals surface area contributed by atoms with Crippen molar-refractivity contribution in [2.75, 3.05) is 39.8 Å². The van der Waals surface area contributed by atoms with E-state index in [0.29, 0.717) is 0 Å². The Morgan fingerprint density at radius 3 is 2.46 bits per heavy atom. The molecule has 130 valence electrons. The SMILES string of the molecule is CN1CCN(CCc2cccc(-n3ccc(C(C)(C)C)n3)c2)CC1. The molecule has 1 fully saturated rings. The molecule has 0 saturated carbocycles. The molecule has 24 heavy (non-hydrogen) atoms. The van der Waals surface area contributed by atoms with Gasteiger partial charge in [-0.05, 0) is 37.2 Å². The number of aromatic nitrogens is 2. The molecule has 0 N–H and O–H groups in total. The summed E-state index contributed by atoms with van der Waals surface area (Å²) in [7, 11) is 2.21. The molecule has 0 spiro atoms. The number of nitrogens with zero attached hydrogens (tertiary/aromatic N) is 4. The van der Waals surface area contributed by atoms with Crippen LogP contribution in [0.1, 0.15) is 32.0 Å². The lowest BCUT2D eigenvalue weighted by Gasteiger charge is -2.32. The van der Waals surface area contributed by atoms with Crippen molar-refractivity contribution >= 4 is 0 Å². The number of benzene rings is 1. The summed E-state index contributed by atoms with van der Waals surface area (Å²) in [5.74, 6) is 0. The highest BCUT2D eigenvalue weighted by atomic mass is 15.3. The highest BCUT2D eigenvalue weighted by molar-refractivity contribution is 5.36. The van der Waals surface area contributed by atoms with Crippen LogP contribution in [0.15, 0.2) is 36.5 Å². The monoisotopic (exact) mass is 326 g/mol. The zero-order valence-electron chi connectivity index (χ0n) is 15.5. The smallest absolute Gasteiger partial charge is 0.0682 e. The minimum Gasteiger partial charge on any atom is -0.304 e. The molecule has 0 unspecified atom stereocenters. The van der Waals surface area contributed by atoms with Gasteiger partial charge >= 0.3 is 0 Å². The summed E-state index contributed by atoms with van der Waals surface area (Å²) >= 11 is 0. The second-order valence-electron chi connectivity index (χ2n) is 7.96. The van der Waals surface area contributed by atoms with Crippen LogP contribution in [0.25, 0.3) is 5.69 Å². The van der Waals surface area contributed by atoms with Crippen LogP contribution in [-0.4, -0.2) is 59.4 Å². The van der Waals surface area contributed by atoms with Gasteiger partial charge in [0, 0.05) is 44.3 Å². The molecule has 1 saturated heterocycles. The van der Waals surface area contributed by atoms with Crippen LogP contribution < -0.4 is 0 Å². The molecule has 0 aliphatic carbocycles. The molecule has 2 aromatic rings. The van der Waals surface area contributed by atoms with E-state index in [0.717, 1.165) is 24.3 Å². The fourth-order valence-electron chi connectivity index (χ4n) is 3.08. The summed E-state index contributed by atoms with van der Waals surface area (Å²) in [6.07, 6.45) is 3.17. The van der Waals surface area contributed by atoms with Gasteiger partial charge in [0.1, 0.15) is 0 Å². The van der Waals surface area contributed by atoms with E-state index in [-0.39, 0.29) is 5.41 Å². The van der Waals surface area contributed by atoms with E-state index >= 15 is 0 Å². The third-order valence-corrected chi connectivity index (χ3v) is 4.85. The lowest BCUT2D eigenvalue weighted by Crippen LogP contribution is -2.45. The van der Waals surface area contributed by atoms with E-state index in [1.165, 1.54) is 31.7 Å². The summed E-state index contributed by atoms with van der Waals surface area (Å²) < 4.78 is 2.00. The van der Waals surface area contributed by atoms with Crippen LogP contribution in [0.3, 0.4) is 0 Å². The summed E-state index contributed by atoms with van der Waals surface area (Å²) in [4.78, 5) is 4.97. The Morgan fingerprint density at radius 2 is 1.79 bits per heavy atom. The Kier molecular flexibility index (Phi) is 5.07. The first-order chi connectivity index (χ1) is 11.4.